The van der Waals surface area contributed by atoms with Crippen molar-refractivity contribution in [1.29, 1.82) is 0 Å². The minimum atomic E-state index is -0.360. The minimum absolute atomic E-state index is 0.360. The molecule has 0 heterocycles. The largest absolute Gasteiger partial charge is 0.449 e. The van der Waals surface area contributed by atoms with E-state index >= 15 is 0 Å². The summed E-state index contributed by atoms with van der Waals surface area (Å²) >= 11 is 0. The van der Waals surface area contributed by atoms with Gasteiger partial charge in [0.2, 0.25) is 0 Å². The minimum Gasteiger partial charge on any atom is -0.449 e. The molecular weight excluding hydrogens is 386 g/mol. The van der Waals surface area contributed by atoms with Crippen LogP contribution in [0.15, 0.2) is 0 Å². The molecule has 2 aliphatic carbocycles. The fourth-order valence-electron chi connectivity index (χ4n) is 3.74. The zero-order valence-electron chi connectivity index (χ0n) is 18.5. The summed E-state index contributed by atoms with van der Waals surface area (Å²) in [7, 11) is 0. The summed E-state index contributed by atoms with van der Waals surface area (Å²) in [6, 6.07) is 0. The molecule has 1 amide bonds. The highest BCUT2D eigenvalue weighted by Crippen LogP contribution is 2.52. The third-order valence-corrected chi connectivity index (χ3v) is 5.52. The van der Waals surface area contributed by atoms with Gasteiger partial charge in [-0.25, -0.2) is 4.79 Å². The predicted octanol–water partition coefficient (Wildman–Crippen LogP) is 3.02. The smallest absolute Gasteiger partial charge is 0.407 e. The molecule has 0 bridgehead atoms. The van der Waals surface area contributed by atoms with Crippen molar-refractivity contribution in [3.05, 3.63) is 0 Å². The van der Waals surface area contributed by atoms with Gasteiger partial charge >= 0.3 is 6.09 Å². The summed E-state index contributed by atoms with van der Waals surface area (Å²) in [6.07, 6.45) is 6.12. The van der Waals surface area contributed by atoms with E-state index in [1.165, 1.54) is 0 Å². The van der Waals surface area contributed by atoms with Gasteiger partial charge in [0, 0.05) is 26.0 Å². The van der Waals surface area contributed by atoms with Crippen LogP contribution in [0.5, 0.6) is 0 Å². The van der Waals surface area contributed by atoms with Crippen LogP contribution < -0.4 is 5.32 Å². The Balaban J connectivity index is 1.29. The third-order valence-electron chi connectivity index (χ3n) is 5.52. The van der Waals surface area contributed by atoms with Gasteiger partial charge in [0.15, 0.2) is 0 Å². The van der Waals surface area contributed by atoms with Gasteiger partial charge in [-0.05, 0) is 37.0 Å². The molecular formula is C23H39NO6. The van der Waals surface area contributed by atoms with E-state index in [-0.39, 0.29) is 6.09 Å². The monoisotopic (exact) mass is 425 g/mol. The SMILES string of the molecule is CCCCOCCOCCOCCOCCNC(=O)OCC1[C@H]2CCC#CCC[C@@H]12. The van der Waals surface area contributed by atoms with Crippen molar-refractivity contribution in [2.75, 3.05) is 66.0 Å². The Morgan fingerprint density at radius 1 is 0.833 bits per heavy atom. The number of hydrogen-bond acceptors (Lipinski definition) is 6. The van der Waals surface area contributed by atoms with Crippen LogP contribution in [0, 0.1) is 29.6 Å². The normalized spacial score (nSPS) is 22.2. The van der Waals surface area contributed by atoms with E-state index in [0.717, 1.165) is 45.1 Å². The van der Waals surface area contributed by atoms with Crippen molar-refractivity contribution >= 4 is 6.09 Å². The number of fused-ring (bicyclic) bond motifs is 1. The van der Waals surface area contributed by atoms with Crippen molar-refractivity contribution < 1.29 is 28.5 Å². The number of amides is 1. The van der Waals surface area contributed by atoms with Gasteiger partial charge in [-0.2, -0.15) is 0 Å². The van der Waals surface area contributed by atoms with Crippen LogP contribution in [0.3, 0.4) is 0 Å². The van der Waals surface area contributed by atoms with Gasteiger partial charge < -0.3 is 29.0 Å². The first-order valence-electron chi connectivity index (χ1n) is 11.5. The maximum absolute atomic E-state index is 11.8. The average molecular weight is 426 g/mol. The fourth-order valence-corrected chi connectivity index (χ4v) is 3.74. The predicted molar refractivity (Wildman–Crippen MR) is 114 cm³/mol. The summed E-state index contributed by atoms with van der Waals surface area (Å²) in [5, 5.41) is 2.73. The molecule has 0 aromatic carbocycles. The van der Waals surface area contributed by atoms with Crippen LogP contribution in [0.4, 0.5) is 4.79 Å². The maximum Gasteiger partial charge on any atom is 0.407 e. The molecule has 7 nitrogen and oxygen atoms in total. The van der Waals surface area contributed by atoms with E-state index in [2.05, 4.69) is 24.1 Å². The lowest BCUT2D eigenvalue weighted by molar-refractivity contribution is -0.00171. The van der Waals surface area contributed by atoms with Crippen molar-refractivity contribution in [3.63, 3.8) is 0 Å². The quantitative estimate of drug-likeness (QED) is 0.285. The zero-order chi connectivity index (χ0) is 21.3. The number of carbonyl (C=O) groups excluding carboxylic acids is 1. The molecule has 0 spiro atoms. The summed E-state index contributed by atoms with van der Waals surface area (Å²) in [4.78, 5) is 11.8. The van der Waals surface area contributed by atoms with Gasteiger partial charge in [-0.1, -0.05) is 13.3 Å². The molecule has 0 aromatic rings. The lowest BCUT2D eigenvalue weighted by Gasteiger charge is -2.08. The van der Waals surface area contributed by atoms with Gasteiger partial charge in [-0.15, -0.1) is 11.8 Å². The lowest BCUT2D eigenvalue weighted by atomic mass is 10.1. The van der Waals surface area contributed by atoms with Gasteiger partial charge in [-0.3, -0.25) is 0 Å². The fraction of sp³-hybridized carbons (Fsp3) is 0.870. The molecule has 0 saturated heterocycles. The van der Waals surface area contributed by atoms with E-state index < -0.39 is 0 Å². The van der Waals surface area contributed by atoms with E-state index in [9.17, 15) is 4.79 Å². The van der Waals surface area contributed by atoms with Gasteiger partial charge in [0.25, 0.3) is 0 Å². The number of ether oxygens (including phenoxy) is 5. The molecule has 7 heteroatoms. The van der Waals surface area contributed by atoms with Crippen molar-refractivity contribution in [2.45, 2.75) is 45.4 Å². The molecule has 1 fully saturated rings. The molecule has 0 aliphatic heterocycles. The van der Waals surface area contributed by atoms with Crippen molar-refractivity contribution in [2.24, 2.45) is 17.8 Å². The van der Waals surface area contributed by atoms with Crippen molar-refractivity contribution in [3.8, 4) is 11.8 Å². The van der Waals surface area contributed by atoms with E-state index in [0.29, 0.717) is 77.2 Å². The van der Waals surface area contributed by atoms with Crippen molar-refractivity contribution in [1.82, 2.24) is 5.32 Å². The summed E-state index contributed by atoms with van der Waals surface area (Å²) in [5.41, 5.74) is 0. The molecule has 2 rings (SSSR count). The summed E-state index contributed by atoms with van der Waals surface area (Å²) in [6.45, 7) is 7.67. The Morgan fingerprint density at radius 2 is 1.37 bits per heavy atom. The highest BCUT2D eigenvalue weighted by Gasteiger charge is 2.49. The number of nitrogens with one attached hydrogen (secondary N) is 1. The van der Waals surface area contributed by atoms with Crippen LogP contribution in [-0.4, -0.2) is 72.1 Å². The first kappa shape index (κ1) is 24.9. The first-order valence-corrected chi connectivity index (χ1v) is 11.5. The second-order valence-electron chi connectivity index (χ2n) is 7.75. The third kappa shape index (κ3) is 11.2. The number of unbranched alkanes of at least 4 members (excludes halogenated alkanes) is 1. The number of alkyl carbamates (subject to hydrolysis) is 1. The Hall–Kier alpha value is -1.33. The number of rotatable bonds is 17. The van der Waals surface area contributed by atoms with Crippen LogP contribution >= 0.6 is 0 Å². The topological polar surface area (TPSA) is 75.3 Å². The first-order chi connectivity index (χ1) is 14.8. The van der Waals surface area contributed by atoms with Gasteiger partial charge in [0.1, 0.15) is 0 Å². The molecule has 0 aromatic heterocycles. The molecule has 3 atom stereocenters. The maximum atomic E-state index is 11.8. The van der Waals surface area contributed by atoms with Gasteiger partial charge in [0.05, 0.1) is 52.9 Å². The van der Waals surface area contributed by atoms with E-state index in [1.54, 1.807) is 0 Å². The Kier molecular flexibility index (Phi) is 13.6. The Labute approximate surface area is 181 Å². The summed E-state index contributed by atoms with van der Waals surface area (Å²) < 4.78 is 27.1. The molecule has 1 unspecified atom stereocenters. The number of carbonyl (C=O) groups is 1. The van der Waals surface area contributed by atoms with Crippen LogP contribution in [0.2, 0.25) is 0 Å². The second-order valence-corrected chi connectivity index (χ2v) is 7.75. The average Bonchev–Trinajstić information content (AvgIpc) is 3.38. The highest BCUT2D eigenvalue weighted by atomic mass is 16.6. The molecule has 30 heavy (non-hydrogen) atoms. The number of hydrogen-bond donors (Lipinski definition) is 1. The molecule has 1 saturated carbocycles. The molecule has 1 N–H and O–H groups in total. The Morgan fingerprint density at radius 3 is 1.93 bits per heavy atom. The molecule has 0 radical (unpaired) electrons. The highest BCUT2D eigenvalue weighted by molar-refractivity contribution is 5.67. The zero-order valence-corrected chi connectivity index (χ0v) is 18.5. The van der Waals surface area contributed by atoms with E-state index in [4.69, 9.17) is 23.7 Å². The molecule has 2 aliphatic rings. The van der Waals surface area contributed by atoms with Crippen LogP contribution in [0.25, 0.3) is 0 Å². The second kappa shape index (κ2) is 16.4. The van der Waals surface area contributed by atoms with Crippen LogP contribution in [-0.2, 0) is 23.7 Å². The standard InChI is InChI=1S/C23H39NO6/c1-2-3-11-26-13-15-28-17-18-29-16-14-27-12-10-24-23(25)30-19-22-20-8-6-4-5-7-9-21(20)22/h20-22H,2-3,6-19H2,1H3,(H,24,25)/t20-,21+,22?. The van der Waals surface area contributed by atoms with Crippen LogP contribution in [0.1, 0.15) is 45.4 Å². The summed E-state index contributed by atoms with van der Waals surface area (Å²) in [5.74, 6) is 8.30. The lowest BCUT2D eigenvalue weighted by Crippen LogP contribution is -2.29. The molecule has 172 valence electrons. The Bertz CT molecular complexity index is 500. The van der Waals surface area contributed by atoms with E-state index in [1.807, 2.05) is 0 Å².